The minimum atomic E-state index is -0.178. The molecule has 0 aliphatic rings. The van der Waals surface area contributed by atoms with Gasteiger partial charge >= 0.3 is 0 Å². The number of hydrogen-bond acceptors (Lipinski definition) is 3. The van der Waals surface area contributed by atoms with Crippen LogP contribution in [0.5, 0.6) is 0 Å². The number of carbonyl (C=O) groups excluding carboxylic acids is 1. The standard InChI is InChI=1S/C13H28N2O2/c1-11(12(17)14-13(2,3)4)15(5)9-7-6-8-10-16/h11,16H,6-10H2,1-5H3,(H,14,17). The van der Waals surface area contributed by atoms with E-state index in [9.17, 15) is 4.79 Å². The third-order valence-electron chi connectivity index (χ3n) is 2.71. The van der Waals surface area contributed by atoms with Crippen LogP contribution in [0.25, 0.3) is 0 Å². The molecular weight excluding hydrogens is 216 g/mol. The van der Waals surface area contributed by atoms with E-state index in [0.29, 0.717) is 0 Å². The summed E-state index contributed by atoms with van der Waals surface area (Å²) in [4.78, 5) is 14.0. The summed E-state index contributed by atoms with van der Waals surface area (Å²) in [5.41, 5.74) is -0.178. The number of amides is 1. The highest BCUT2D eigenvalue weighted by atomic mass is 16.2. The SMILES string of the molecule is CC(C(=O)NC(C)(C)C)N(C)CCCCCO. The van der Waals surface area contributed by atoms with Gasteiger partial charge in [-0.1, -0.05) is 0 Å². The van der Waals surface area contributed by atoms with Gasteiger partial charge in [0.2, 0.25) is 5.91 Å². The van der Waals surface area contributed by atoms with Crippen LogP contribution in [0.3, 0.4) is 0 Å². The highest BCUT2D eigenvalue weighted by Crippen LogP contribution is 2.04. The first kappa shape index (κ1) is 16.4. The molecule has 1 unspecified atom stereocenters. The molecule has 102 valence electrons. The predicted octanol–water partition coefficient (Wildman–Crippen LogP) is 1.38. The summed E-state index contributed by atoms with van der Waals surface area (Å²) in [6.45, 7) is 9.02. The summed E-state index contributed by atoms with van der Waals surface area (Å²) in [5, 5.41) is 11.7. The Morgan fingerprint density at radius 1 is 1.29 bits per heavy atom. The highest BCUT2D eigenvalue weighted by molar-refractivity contribution is 5.81. The minimum absolute atomic E-state index is 0.0714. The smallest absolute Gasteiger partial charge is 0.237 e. The van der Waals surface area contributed by atoms with Gasteiger partial charge in [-0.3, -0.25) is 9.69 Å². The first-order valence-electron chi connectivity index (χ1n) is 6.41. The zero-order chi connectivity index (χ0) is 13.5. The fourth-order valence-corrected chi connectivity index (χ4v) is 1.52. The van der Waals surface area contributed by atoms with Crippen molar-refractivity contribution < 1.29 is 9.90 Å². The quantitative estimate of drug-likeness (QED) is 0.665. The molecule has 2 N–H and O–H groups in total. The fraction of sp³-hybridized carbons (Fsp3) is 0.923. The molecule has 0 bridgehead atoms. The van der Waals surface area contributed by atoms with Crippen molar-refractivity contribution in [1.29, 1.82) is 0 Å². The van der Waals surface area contributed by atoms with Crippen molar-refractivity contribution in [1.82, 2.24) is 10.2 Å². The Balaban J connectivity index is 3.95. The van der Waals surface area contributed by atoms with Gasteiger partial charge in [-0.25, -0.2) is 0 Å². The Morgan fingerprint density at radius 2 is 1.88 bits per heavy atom. The molecule has 1 amide bonds. The van der Waals surface area contributed by atoms with Gasteiger partial charge in [0.15, 0.2) is 0 Å². The van der Waals surface area contributed by atoms with Gasteiger partial charge in [-0.2, -0.15) is 0 Å². The first-order chi connectivity index (χ1) is 7.78. The van der Waals surface area contributed by atoms with Crippen molar-refractivity contribution in [3.05, 3.63) is 0 Å². The van der Waals surface area contributed by atoms with Crippen LogP contribution in [0.15, 0.2) is 0 Å². The van der Waals surface area contributed by atoms with Crippen LogP contribution < -0.4 is 5.32 Å². The maximum Gasteiger partial charge on any atom is 0.237 e. The fourth-order valence-electron chi connectivity index (χ4n) is 1.52. The maximum absolute atomic E-state index is 11.9. The normalized spacial score (nSPS) is 13.8. The lowest BCUT2D eigenvalue weighted by molar-refractivity contribution is -0.126. The van der Waals surface area contributed by atoms with E-state index in [2.05, 4.69) is 10.2 Å². The highest BCUT2D eigenvalue weighted by Gasteiger charge is 2.21. The Hall–Kier alpha value is -0.610. The van der Waals surface area contributed by atoms with E-state index in [-0.39, 0.29) is 24.1 Å². The van der Waals surface area contributed by atoms with E-state index >= 15 is 0 Å². The van der Waals surface area contributed by atoms with Crippen LogP contribution in [0, 0.1) is 0 Å². The average molecular weight is 244 g/mol. The van der Waals surface area contributed by atoms with Crippen LogP contribution in [0.2, 0.25) is 0 Å². The third kappa shape index (κ3) is 8.16. The summed E-state index contributed by atoms with van der Waals surface area (Å²) in [5.74, 6) is 0.0714. The molecule has 0 spiro atoms. The molecule has 0 fully saturated rings. The largest absolute Gasteiger partial charge is 0.396 e. The number of nitrogens with zero attached hydrogens (tertiary/aromatic N) is 1. The summed E-state index contributed by atoms with van der Waals surface area (Å²) in [6.07, 6.45) is 2.87. The van der Waals surface area contributed by atoms with Crippen molar-refractivity contribution in [2.24, 2.45) is 0 Å². The van der Waals surface area contributed by atoms with Crippen LogP contribution in [-0.4, -0.2) is 47.7 Å². The van der Waals surface area contributed by atoms with E-state index in [4.69, 9.17) is 5.11 Å². The van der Waals surface area contributed by atoms with Crippen molar-refractivity contribution in [3.8, 4) is 0 Å². The lowest BCUT2D eigenvalue weighted by Gasteiger charge is -2.28. The van der Waals surface area contributed by atoms with Gasteiger partial charge in [-0.05, 0) is 60.5 Å². The first-order valence-corrected chi connectivity index (χ1v) is 6.41. The van der Waals surface area contributed by atoms with Gasteiger partial charge in [-0.15, -0.1) is 0 Å². The molecule has 4 nitrogen and oxygen atoms in total. The summed E-state index contributed by atoms with van der Waals surface area (Å²) >= 11 is 0. The minimum Gasteiger partial charge on any atom is -0.396 e. The van der Waals surface area contributed by atoms with E-state index in [1.54, 1.807) is 0 Å². The van der Waals surface area contributed by atoms with Gasteiger partial charge in [0.1, 0.15) is 0 Å². The number of nitrogens with one attached hydrogen (secondary N) is 1. The Bertz CT molecular complexity index is 224. The molecule has 0 rings (SSSR count). The predicted molar refractivity (Wildman–Crippen MR) is 70.9 cm³/mol. The number of unbranched alkanes of at least 4 members (excludes halogenated alkanes) is 2. The van der Waals surface area contributed by atoms with Crippen molar-refractivity contribution in [2.75, 3.05) is 20.2 Å². The zero-order valence-corrected chi connectivity index (χ0v) is 11.9. The van der Waals surface area contributed by atoms with Gasteiger partial charge in [0.05, 0.1) is 6.04 Å². The molecule has 0 aromatic carbocycles. The number of likely N-dealkylation sites (N-methyl/N-ethyl adjacent to an activating group) is 1. The summed E-state index contributed by atoms with van der Waals surface area (Å²) in [6, 6.07) is -0.108. The molecule has 0 aromatic rings. The van der Waals surface area contributed by atoms with Crippen LogP contribution in [0.4, 0.5) is 0 Å². The molecule has 17 heavy (non-hydrogen) atoms. The molecular formula is C13H28N2O2. The van der Waals surface area contributed by atoms with Gasteiger partial charge < -0.3 is 10.4 Å². The third-order valence-corrected chi connectivity index (χ3v) is 2.71. The van der Waals surface area contributed by atoms with E-state index in [1.807, 2.05) is 34.7 Å². The lowest BCUT2D eigenvalue weighted by atomic mass is 10.1. The van der Waals surface area contributed by atoms with Gasteiger partial charge in [0, 0.05) is 12.1 Å². The second-order valence-corrected chi connectivity index (χ2v) is 5.68. The van der Waals surface area contributed by atoms with Crippen molar-refractivity contribution in [3.63, 3.8) is 0 Å². The van der Waals surface area contributed by atoms with Crippen molar-refractivity contribution >= 4 is 5.91 Å². The molecule has 0 aliphatic carbocycles. The van der Waals surface area contributed by atoms with E-state index < -0.39 is 0 Å². The average Bonchev–Trinajstić information content (AvgIpc) is 2.20. The maximum atomic E-state index is 11.9. The Kier molecular flexibility index (Phi) is 7.39. The molecule has 1 atom stereocenters. The van der Waals surface area contributed by atoms with Gasteiger partial charge in [0.25, 0.3) is 0 Å². The molecule has 0 saturated carbocycles. The molecule has 0 saturated heterocycles. The Labute approximate surface area is 105 Å². The summed E-state index contributed by atoms with van der Waals surface area (Å²) in [7, 11) is 1.96. The number of hydrogen-bond donors (Lipinski definition) is 2. The molecule has 0 heterocycles. The van der Waals surface area contributed by atoms with Crippen LogP contribution >= 0.6 is 0 Å². The topological polar surface area (TPSA) is 52.6 Å². The number of aliphatic hydroxyl groups excluding tert-OH is 1. The van der Waals surface area contributed by atoms with Crippen LogP contribution in [0.1, 0.15) is 47.0 Å². The number of carbonyl (C=O) groups is 1. The van der Waals surface area contributed by atoms with E-state index in [1.165, 1.54) is 0 Å². The Morgan fingerprint density at radius 3 is 2.35 bits per heavy atom. The van der Waals surface area contributed by atoms with Crippen LogP contribution in [-0.2, 0) is 4.79 Å². The monoisotopic (exact) mass is 244 g/mol. The molecule has 0 aromatic heterocycles. The number of rotatable bonds is 7. The molecule has 0 aliphatic heterocycles. The number of aliphatic hydroxyl groups is 1. The molecule has 0 radical (unpaired) electrons. The second-order valence-electron chi connectivity index (χ2n) is 5.68. The summed E-state index contributed by atoms with van der Waals surface area (Å²) < 4.78 is 0. The molecule has 4 heteroatoms. The zero-order valence-electron chi connectivity index (χ0n) is 11.9. The lowest BCUT2D eigenvalue weighted by Crippen LogP contribution is -2.50. The van der Waals surface area contributed by atoms with E-state index in [0.717, 1.165) is 25.8 Å². The van der Waals surface area contributed by atoms with Crippen molar-refractivity contribution in [2.45, 2.75) is 58.5 Å². The second kappa shape index (κ2) is 7.67.